The van der Waals surface area contributed by atoms with Crippen LogP contribution < -0.4 is 5.73 Å². The molecule has 2 aliphatic rings. The lowest BCUT2D eigenvalue weighted by molar-refractivity contribution is -0.134. The molecule has 80 valence electrons. The number of carbonyl (C=O) groups is 1. The van der Waals surface area contributed by atoms with E-state index in [0.29, 0.717) is 5.91 Å². The maximum atomic E-state index is 12.0. The van der Waals surface area contributed by atoms with Gasteiger partial charge in [-0.15, -0.1) is 0 Å². The highest BCUT2D eigenvalue weighted by Gasteiger charge is 2.32. The molecule has 2 unspecified atom stereocenters. The molecule has 2 heterocycles. The third-order valence-corrected chi connectivity index (χ3v) is 3.28. The molecule has 2 rings (SSSR count). The normalized spacial score (nSPS) is 34.0. The van der Waals surface area contributed by atoms with E-state index >= 15 is 0 Å². The Morgan fingerprint density at radius 3 is 2.57 bits per heavy atom. The molecule has 2 N–H and O–H groups in total. The van der Waals surface area contributed by atoms with E-state index in [1.807, 2.05) is 4.90 Å². The molecule has 2 fully saturated rings. The SMILES string of the molecule is CN1CCC(C(=O)N2CCC(N)C2)C1. The molecule has 0 aromatic heterocycles. The average Bonchev–Trinajstić information content (AvgIpc) is 2.73. The van der Waals surface area contributed by atoms with E-state index in [9.17, 15) is 4.79 Å². The zero-order valence-corrected chi connectivity index (χ0v) is 8.78. The second-order valence-corrected chi connectivity index (χ2v) is 4.58. The molecule has 2 atom stereocenters. The summed E-state index contributed by atoms with van der Waals surface area (Å²) in [5.41, 5.74) is 5.78. The van der Waals surface area contributed by atoms with E-state index in [1.165, 1.54) is 0 Å². The highest BCUT2D eigenvalue weighted by molar-refractivity contribution is 5.79. The van der Waals surface area contributed by atoms with Crippen molar-refractivity contribution in [3.8, 4) is 0 Å². The number of likely N-dealkylation sites (tertiary alicyclic amines) is 2. The molecule has 1 amide bonds. The lowest BCUT2D eigenvalue weighted by atomic mass is 10.1. The topological polar surface area (TPSA) is 49.6 Å². The minimum atomic E-state index is 0.207. The Bertz CT molecular complexity index is 209. The summed E-state index contributed by atoms with van der Waals surface area (Å²) in [7, 11) is 2.07. The Kier molecular flexibility index (Phi) is 2.74. The zero-order chi connectivity index (χ0) is 10.1. The van der Waals surface area contributed by atoms with Gasteiger partial charge in [0.1, 0.15) is 0 Å². The average molecular weight is 197 g/mol. The van der Waals surface area contributed by atoms with Crippen molar-refractivity contribution in [3.63, 3.8) is 0 Å². The van der Waals surface area contributed by atoms with Gasteiger partial charge in [-0.2, -0.15) is 0 Å². The van der Waals surface area contributed by atoms with Gasteiger partial charge in [-0.3, -0.25) is 4.79 Å². The van der Waals surface area contributed by atoms with Crippen LogP contribution in [0.15, 0.2) is 0 Å². The van der Waals surface area contributed by atoms with Crippen LogP contribution in [0.25, 0.3) is 0 Å². The standard InChI is InChI=1S/C10H19N3O/c1-12-4-2-8(6-12)10(14)13-5-3-9(11)7-13/h8-9H,2-7,11H2,1H3. The van der Waals surface area contributed by atoms with Crippen LogP contribution in [0.4, 0.5) is 0 Å². The lowest BCUT2D eigenvalue weighted by Crippen LogP contribution is -2.37. The van der Waals surface area contributed by atoms with Crippen molar-refractivity contribution < 1.29 is 4.79 Å². The molecule has 0 saturated carbocycles. The van der Waals surface area contributed by atoms with E-state index in [2.05, 4.69) is 11.9 Å². The number of hydrogen-bond acceptors (Lipinski definition) is 3. The molecule has 4 nitrogen and oxygen atoms in total. The first kappa shape index (κ1) is 9.93. The van der Waals surface area contributed by atoms with E-state index in [1.54, 1.807) is 0 Å². The van der Waals surface area contributed by atoms with E-state index in [0.717, 1.165) is 39.0 Å². The van der Waals surface area contributed by atoms with Crippen LogP contribution in [-0.4, -0.2) is 55.0 Å². The van der Waals surface area contributed by atoms with Crippen molar-refractivity contribution in [1.82, 2.24) is 9.80 Å². The van der Waals surface area contributed by atoms with Crippen LogP contribution in [0.3, 0.4) is 0 Å². The summed E-state index contributed by atoms with van der Waals surface area (Å²) < 4.78 is 0. The Morgan fingerprint density at radius 2 is 2.07 bits per heavy atom. The summed E-state index contributed by atoms with van der Waals surface area (Å²) in [6.45, 7) is 3.60. The van der Waals surface area contributed by atoms with Crippen LogP contribution in [0.5, 0.6) is 0 Å². The first-order chi connectivity index (χ1) is 6.66. The summed E-state index contributed by atoms with van der Waals surface area (Å²) in [5.74, 6) is 0.549. The van der Waals surface area contributed by atoms with E-state index < -0.39 is 0 Å². The molecular formula is C10H19N3O. The minimum Gasteiger partial charge on any atom is -0.341 e. The van der Waals surface area contributed by atoms with Gasteiger partial charge in [0.25, 0.3) is 0 Å². The fourth-order valence-electron chi connectivity index (χ4n) is 2.38. The Hall–Kier alpha value is -0.610. The van der Waals surface area contributed by atoms with Gasteiger partial charge in [0.05, 0.1) is 5.92 Å². The van der Waals surface area contributed by atoms with Crippen molar-refractivity contribution in [2.24, 2.45) is 11.7 Å². The maximum Gasteiger partial charge on any atom is 0.227 e. The van der Waals surface area contributed by atoms with Gasteiger partial charge >= 0.3 is 0 Å². The molecule has 0 aromatic carbocycles. The van der Waals surface area contributed by atoms with Crippen molar-refractivity contribution in [3.05, 3.63) is 0 Å². The van der Waals surface area contributed by atoms with Gasteiger partial charge in [0.2, 0.25) is 5.91 Å². The van der Waals surface area contributed by atoms with Gasteiger partial charge in [0.15, 0.2) is 0 Å². The van der Waals surface area contributed by atoms with Gasteiger partial charge in [-0.1, -0.05) is 0 Å². The van der Waals surface area contributed by atoms with Crippen molar-refractivity contribution >= 4 is 5.91 Å². The van der Waals surface area contributed by atoms with Gasteiger partial charge in [0, 0.05) is 25.7 Å². The molecule has 4 heteroatoms. The fraction of sp³-hybridized carbons (Fsp3) is 0.900. The van der Waals surface area contributed by atoms with E-state index in [-0.39, 0.29) is 12.0 Å². The Labute approximate surface area is 85.0 Å². The molecule has 0 spiro atoms. The maximum absolute atomic E-state index is 12.0. The third kappa shape index (κ3) is 1.91. The van der Waals surface area contributed by atoms with E-state index in [4.69, 9.17) is 5.73 Å². The van der Waals surface area contributed by atoms with Crippen molar-refractivity contribution in [2.75, 3.05) is 33.2 Å². The minimum absolute atomic E-state index is 0.207. The van der Waals surface area contributed by atoms with Crippen LogP contribution in [0.2, 0.25) is 0 Å². The van der Waals surface area contributed by atoms with Gasteiger partial charge in [-0.25, -0.2) is 0 Å². The number of rotatable bonds is 1. The second-order valence-electron chi connectivity index (χ2n) is 4.58. The molecule has 0 radical (unpaired) electrons. The van der Waals surface area contributed by atoms with Gasteiger partial charge in [-0.05, 0) is 26.4 Å². The number of hydrogen-bond donors (Lipinski definition) is 1. The van der Waals surface area contributed by atoms with Crippen LogP contribution in [0.1, 0.15) is 12.8 Å². The molecule has 0 aliphatic carbocycles. The fourth-order valence-corrected chi connectivity index (χ4v) is 2.38. The van der Waals surface area contributed by atoms with Gasteiger partial charge < -0.3 is 15.5 Å². The Balaban J connectivity index is 1.89. The first-order valence-corrected chi connectivity index (χ1v) is 5.39. The molecule has 14 heavy (non-hydrogen) atoms. The molecule has 0 aromatic rings. The van der Waals surface area contributed by atoms with Crippen LogP contribution >= 0.6 is 0 Å². The summed E-state index contributed by atoms with van der Waals surface area (Å²) in [4.78, 5) is 16.1. The Morgan fingerprint density at radius 1 is 1.29 bits per heavy atom. The molecule has 0 bridgehead atoms. The highest BCUT2D eigenvalue weighted by Crippen LogP contribution is 2.19. The lowest BCUT2D eigenvalue weighted by Gasteiger charge is -2.20. The first-order valence-electron chi connectivity index (χ1n) is 5.39. The number of nitrogens with zero attached hydrogens (tertiary/aromatic N) is 2. The summed E-state index contributed by atoms with van der Waals surface area (Å²) >= 11 is 0. The van der Waals surface area contributed by atoms with Crippen LogP contribution in [-0.2, 0) is 4.79 Å². The predicted molar refractivity (Wildman–Crippen MR) is 54.8 cm³/mol. The largest absolute Gasteiger partial charge is 0.341 e. The number of carbonyl (C=O) groups excluding carboxylic acids is 1. The molecule has 2 aliphatic heterocycles. The third-order valence-electron chi connectivity index (χ3n) is 3.28. The number of amides is 1. The molecular weight excluding hydrogens is 178 g/mol. The predicted octanol–water partition coefficient (Wildman–Crippen LogP) is -0.502. The summed E-state index contributed by atoms with van der Waals surface area (Å²) in [6, 6.07) is 0.207. The summed E-state index contributed by atoms with van der Waals surface area (Å²) in [6.07, 6.45) is 1.98. The molecule has 2 saturated heterocycles. The van der Waals surface area contributed by atoms with Crippen molar-refractivity contribution in [2.45, 2.75) is 18.9 Å². The smallest absolute Gasteiger partial charge is 0.227 e. The zero-order valence-electron chi connectivity index (χ0n) is 8.78. The monoisotopic (exact) mass is 197 g/mol. The summed E-state index contributed by atoms with van der Waals surface area (Å²) in [5, 5.41) is 0. The quantitative estimate of drug-likeness (QED) is 0.616. The number of nitrogens with two attached hydrogens (primary N) is 1. The van der Waals surface area contributed by atoms with Crippen molar-refractivity contribution in [1.29, 1.82) is 0 Å². The van der Waals surface area contributed by atoms with Crippen LogP contribution in [0, 0.1) is 5.92 Å². The highest BCUT2D eigenvalue weighted by atomic mass is 16.2. The second kappa shape index (κ2) is 3.87.